The molecule has 4 aromatic rings. The van der Waals surface area contributed by atoms with Crippen molar-refractivity contribution in [2.45, 2.75) is 13.8 Å². The molecule has 5 nitrogen and oxygen atoms in total. The molecule has 1 aromatic heterocycles. The van der Waals surface area contributed by atoms with Crippen LogP contribution in [0.4, 0.5) is 16.2 Å². The number of ether oxygens (including phenoxy) is 1. The smallest absolute Gasteiger partial charge is 0.419 e. The van der Waals surface area contributed by atoms with Gasteiger partial charge in [-0.3, -0.25) is 0 Å². The van der Waals surface area contributed by atoms with Gasteiger partial charge in [0, 0.05) is 5.56 Å². The predicted octanol–water partition coefficient (Wildman–Crippen LogP) is 6.41. The van der Waals surface area contributed by atoms with Crippen LogP contribution < -0.4 is 4.90 Å². The molecule has 0 unspecified atom stereocenters. The highest BCUT2D eigenvalue weighted by Gasteiger charge is 2.28. The van der Waals surface area contributed by atoms with Gasteiger partial charge in [-0.1, -0.05) is 71.9 Å². The number of aryl methyl sites for hydroxylation is 1. The number of hydrogen-bond donors (Lipinski definition) is 0. The third-order valence-corrected chi connectivity index (χ3v) is 4.72. The van der Waals surface area contributed by atoms with Gasteiger partial charge in [0.05, 0.1) is 12.3 Å². The highest BCUT2D eigenvalue weighted by atomic mass is 16.6. The van der Waals surface area contributed by atoms with E-state index in [-0.39, 0.29) is 6.61 Å². The molecular formula is C25H21N2O3. The number of benzene rings is 3. The molecule has 30 heavy (non-hydrogen) atoms. The van der Waals surface area contributed by atoms with E-state index in [9.17, 15) is 4.79 Å². The molecule has 1 radical (unpaired) electrons. The summed E-state index contributed by atoms with van der Waals surface area (Å²) >= 11 is 0. The minimum atomic E-state index is -0.478. The van der Waals surface area contributed by atoms with E-state index in [1.54, 1.807) is 6.92 Å². The fourth-order valence-electron chi connectivity index (χ4n) is 3.30. The Morgan fingerprint density at radius 1 is 0.967 bits per heavy atom. The van der Waals surface area contributed by atoms with E-state index in [1.807, 2.05) is 85.8 Å². The second-order valence-electron chi connectivity index (χ2n) is 6.68. The summed E-state index contributed by atoms with van der Waals surface area (Å²) in [5, 5.41) is 4.13. The summed E-state index contributed by atoms with van der Waals surface area (Å²) < 4.78 is 11.0. The lowest BCUT2D eigenvalue weighted by molar-refractivity contribution is 0.162. The Bertz CT molecular complexity index is 1120. The Morgan fingerprint density at radius 2 is 1.60 bits per heavy atom. The molecule has 0 aliphatic heterocycles. The van der Waals surface area contributed by atoms with Crippen LogP contribution in [0, 0.1) is 13.0 Å². The standard InChI is InChI=1S/C25H21N2O3/c1-3-29-25(28)27(22-12-8-5-9-13-22)23-18(2)26-30-24(23)21-16-14-20(15-17-21)19-10-6-4-7-11-19/h5-17H,3H2,1-2H3. The van der Waals surface area contributed by atoms with E-state index < -0.39 is 6.09 Å². The largest absolute Gasteiger partial charge is 0.449 e. The number of carbonyl (C=O) groups is 1. The molecule has 3 aromatic carbocycles. The van der Waals surface area contributed by atoms with Crippen LogP contribution in [-0.2, 0) is 4.74 Å². The molecule has 0 bridgehead atoms. The van der Waals surface area contributed by atoms with E-state index in [0.717, 1.165) is 16.7 Å². The van der Waals surface area contributed by atoms with Gasteiger partial charge in [0.2, 0.25) is 0 Å². The van der Waals surface area contributed by atoms with Crippen LogP contribution in [0.1, 0.15) is 12.6 Å². The lowest BCUT2D eigenvalue weighted by atomic mass is 10.0. The zero-order valence-electron chi connectivity index (χ0n) is 16.8. The maximum absolute atomic E-state index is 12.8. The number of rotatable bonds is 5. The molecule has 1 amide bonds. The molecule has 0 saturated carbocycles. The zero-order chi connectivity index (χ0) is 20.9. The second-order valence-corrected chi connectivity index (χ2v) is 6.68. The number of amides is 1. The van der Waals surface area contributed by atoms with Crippen molar-refractivity contribution in [3.8, 4) is 22.5 Å². The van der Waals surface area contributed by atoms with Crippen molar-refractivity contribution in [1.82, 2.24) is 5.16 Å². The van der Waals surface area contributed by atoms with Gasteiger partial charge in [0.1, 0.15) is 11.4 Å². The average Bonchev–Trinajstić information content (AvgIpc) is 3.17. The highest BCUT2D eigenvalue weighted by Crippen LogP contribution is 2.39. The molecule has 4 rings (SSSR count). The van der Waals surface area contributed by atoms with E-state index in [2.05, 4.69) is 11.2 Å². The third kappa shape index (κ3) is 3.82. The molecule has 0 N–H and O–H groups in total. The predicted molar refractivity (Wildman–Crippen MR) is 117 cm³/mol. The number of hydrogen-bond acceptors (Lipinski definition) is 4. The van der Waals surface area contributed by atoms with Gasteiger partial charge in [-0.15, -0.1) is 0 Å². The number of nitrogens with zero attached hydrogens (tertiary/aromatic N) is 2. The topological polar surface area (TPSA) is 55.6 Å². The first-order valence-electron chi connectivity index (χ1n) is 9.74. The van der Waals surface area contributed by atoms with Crippen molar-refractivity contribution >= 4 is 17.5 Å². The lowest BCUT2D eigenvalue weighted by Gasteiger charge is -2.22. The van der Waals surface area contributed by atoms with Crippen LogP contribution in [0.5, 0.6) is 0 Å². The van der Waals surface area contributed by atoms with Crippen LogP contribution in [0.25, 0.3) is 22.5 Å². The lowest BCUT2D eigenvalue weighted by Crippen LogP contribution is -2.27. The second kappa shape index (κ2) is 8.66. The Labute approximate surface area is 175 Å². The van der Waals surface area contributed by atoms with E-state index in [0.29, 0.717) is 22.8 Å². The van der Waals surface area contributed by atoms with Crippen molar-refractivity contribution in [3.63, 3.8) is 0 Å². The first-order chi connectivity index (χ1) is 14.7. The van der Waals surface area contributed by atoms with Gasteiger partial charge >= 0.3 is 6.09 Å². The fourth-order valence-corrected chi connectivity index (χ4v) is 3.30. The Kier molecular flexibility index (Phi) is 5.61. The normalized spacial score (nSPS) is 10.6. The number of carbonyl (C=O) groups excluding carboxylic acids is 1. The van der Waals surface area contributed by atoms with Crippen molar-refractivity contribution in [1.29, 1.82) is 0 Å². The molecule has 1 heterocycles. The first-order valence-corrected chi connectivity index (χ1v) is 9.74. The van der Waals surface area contributed by atoms with Gasteiger partial charge in [-0.05, 0) is 43.2 Å². The highest BCUT2D eigenvalue weighted by molar-refractivity contribution is 6.00. The Hall–Kier alpha value is -3.86. The molecular weight excluding hydrogens is 376 g/mol. The maximum atomic E-state index is 12.8. The Morgan fingerprint density at radius 3 is 2.27 bits per heavy atom. The van der Waals surface area contributed by atoms with Crippen molar-refractivity contribution < 1.29 is 14.1 Å². The van der Waals surface area contributed by atoms with Crippen molar-refractivity contribution in [2.75, 3.05) is 11.5 Å². The number of anilines is 2. The minimum absolute atomic E-state index is 0.269. The van der Waals surface area contributed by atoms with Gasteiger partial charge in [-0.25, -0.2) is 9.69 Å². The summed E-state index contributed by atoms with van der Waals surface area (Å²) in [5.41, 5.74) is 4.86. The van der Waals surface area contributed by atoms with Gasteiger partial charge in [-0.2, -0.15) is 0 Å². The number of aromatic nitrogens is 1. The SMILES string of the molecule is CCOC(=O)N(c1ccccc1)c1c(C)noc1-c1ccc(-c2cc[c]cc2)cc1. The summed E-state index contributed by atoms with van der Waals surface area (Å²) in [5.74, 6) is 0.511. The quantitative estimate of drug-likeness (QED) is 0.390. The van der Waals surface area contributed by atoms with Crippen LogP contribution in [-0.4, -0.2) is 17.9 Å². The first kappa shape index (κ1) is 19.5. The van der Waals surface area contributed by atoms with Crippen LogP contribution >= 0.6 is 0 Å². The molecule has 0 saturated heterocycles. The van der Waals surface area contributed by atoms with E-state index in [4.69, 9.17) is 9.26 Å². The van der Waals surface area contributed by atoms with Crippen LogP contribution in [0.2, 0.25) is 0 Å². The van der Waals surface area contributed by atoms with Gasteiger partial charge < -0.3 is 9.26 Å². The molecule has 5 heteroatoms. The average molecular weight is 397 g/mol. The van der Waals surface area contributed by atoms with Crippen LogP contribution in [0.15, 0.2) is 83.4 Å². The maximum Gasteiger partial charge on any atom is 0.419 e. The van der Waals surface area contributed by atoms with E-state index >= 15 is 0 Å². The van der Waals surface area contributed by atoms with Gasteiger partial charge in [0.15, 0.2) is 5.76 Å². The van der Waals surface area contributed by atoms with Gasteiger partial charge in [0.25, 0.3) is 0 Å². The van der Waals surface area contributed by atoms with Crippen LogP contribution in [0.3, 0.4) is 0 Å². The summed E-state index contributed by atoms with van der Waals surface area (Å²) in [6.07, 6.45) is -0.478. The zero-order valence-corrected chi connectivity index (χ0v) is 16.8. The number of para-hydroxylation sites is 1. The summed E-state index contributed by atoms with van der Waals surface area (Å²) in [6.45, 7) is 3.86. The molecule has 0 fully saturated rings. The summed E-state index contributed by atoms with van der Waals surface area (Å²) in [4.78, 5) is 14.4. The molecule has 0 spiro atoms. The summed E-state index contributed by atoms with van der Waals surface area (Å²) in [7, 11) is 0. The Balaban J connectivity index is 1.77. The molecule has 149 valence electrons. The van der Waals surface area contributed by atoms with E-state index in [1.165, 1.54) is 4.90 Å². The summed E-state index contributed by atoms with van der Waals surface area (Å²) in [6, 6.07) is 28.1. The minimum Gasteiger partial charge on any atom is -0.449 e. The molecule has 0 aliphatic rings. The fraction of sp³-hybridized carbons (Fsp3) is 0.120. The molecule has 0 aliphatic carbocycles. The van der Waals surface area contributed by atoms with Crippen molar-refractivity contribution in [3.05, 3.63) is 90.6 Å². The third-order valence-electron chi connectivity index (χ3n) is 4.72. The monoisotopic (exact) mass is 397 g/mol. The molecule has 0 atom stereocenters. The van der Waals surface area contributed by atoms with Crippen molar-refractivity contribution in [2.24, 2.45) is 0 Å².